The zero-order valence-electron chi connectivity index (χ0n) is 11.4. The van der Waals surface area contributed by atoms with Crippen molar-refractivity contribution in [1.82, 2.24) is 0 Å². The number of carbonyl (C=O) groups excluding carboxylic acids is 1. The lowest BCUT2D eigenvalue weighted by Gasteiger charge is -2.47. The lowest BCUT2D eigenvalue weighted by Crippen LogP contribution is -2.53. The summed E-state index contributed by atoms with van der Waals surface area (Å²) in [6.07, 6.45) is 4.26. The van der Waals surface area contributed by atoms with E-state index in [1.807, 2.05) is 25.1 Å². The maximum Gasteiger partial charge on any atom is 0.335 e. The molecule has 0 amide bonds. The molecule has 4 nitrogen and oxygen atoms in total. The lowest BCUT2D eigenvalue weighted by molar-refractivity contribution is -0.157. The van der Waals surface area contributed by atoms with Gasteiger partial charge >= 0.3 is 5.97 Å². The van der Waals surface area contributed by atoms with E-state index in [0.717, 1.165) is 41.5 Å². The fourth-order valence-electron chi connectivity index (χ4n) is 3.66. The van der Waals surface area contributed by atoms with Gasteiger partial charge in [-0.25, -0.2) is 4.79 Å². The van der Waals surface area contributed by atoms with Crippen LogP contribution in [0.2, 0.25) is 0 Å². The van der Waals surface area contributed by atoms with Crippen LogP contribution in [0.4, 0.5) is 0 Å². The van der Waals surface area contributed by atoms with Gasteiger partial charge in [-0.05, 0) is 44.4 Å². The molecule has 1 aromatic rings. The predicted octanol–water partition coefficient (Wildman–Crippen LogP) is 3.07. The lowest BCUT2D eigenvalue weighted by atomic mass is 9.63. The standard InChI is InChI=1S/C15H18BrNO3/c1-15(14(18)20-17)10-4-2-3-5-12(10)19-13-7-6-9(16)8-11(13)15/h6-8,10,12H,2-5,17H2,1H3. The molecular weight excluding hydrogens is 322 g/mol. The van der Waals surface area contributed by atoms with Crippen molar-refractivity contribution in [3.05, 3.63) is 28.2 Å². The van der Waals surface area contributed by atoms with Crippen LogP contribution in [0.3, 0.4) is 0 Å². The second kappa shape index (κ2) is 5.04. The molecule has 1 heterocycles. The quantitative estimate of drug-likeness (QED) is 0.798. The molecule has 1 aliphatic carbocycles. The Balaban J connectivity index is 2.16. The molecule has 0 radical (unpaired) electrons. The maximum absolute atomic E-state index is 12.4. The third-order valence-corrected chi connectivity index (χ3v) is 5.25. The zero-order chi connectivity index (χ0) is 14.3. The molecule has 1 fully saturated rings. The number of rotatable bonds is 1. The molecule has 0 saturated heterocycles. The highest BCUT2D eigenvalue weighted by Crippen LogP contribution is 2.50. The fourth-order valence-corrected chi connectivity index (χ4v) is 4.02. The van der Waals surface area contributed by atoms with Crippen LogP contribution in [-0.4, -0.2) is 12.1 Å². The van der Waals surface area contributed by atoms with Crippen LogP contribution < -0.4 is 10.6 Å². The molecule has 5 heteroatoms. The van der Waals surface area contributed by atoms with Gasteiger partial charge in [-0.1, -0.05) is 22.4 Å². The molecule has 0 spiro atoms. The van der Waals surface area contributed by atoms with E-state index in [9.17, 15) is 4.79 Å². The van der Waals surface area contributed by atoms with Gasteiger partial charge in [0.05, 0.1) is 0 Å². The van der Waals surface area contributed by atoms with E-state index in [2.05, 4.69) is 20.8 Å². The van der Waals surface area contributed by atoms with Crippen molar-refractivity contribution in [3.8, 4) is 5.75 Å². The van der Waals surface area contributed by atoms with Crippen LogP contribution in [0, 0.1) is 5.92 Å². The third kappa shape index (κ3) is 1.95. The minimum Gasteiger partial charge on any atom is -0.490 e. The Hall–Kier alpha value is -1.07. The molecule has 3 atom stereocenters. The van der Waals surface area contributed by atoms with E-state index in [0.29, 0.717) is 0 Å². The molecule has 1 aromatic carbocycles. The van der Waals surface area contributed by atoms with Crippen LogP contribution in [0.5, 0.6) is 5.75 Å². The molecule has 108 valence electrons. The summed E-state index contributed by atoms with van der Waals surface area (Å²) < 4.78 is 7.03. The Morgan fingerprint density at radius 3 is 2.95 bits per heavy atom. The van der Waals surface area contributed by atoms with Crippen molar-refractivity contribution < 1.29 is 14.4 Å². The number of fused-ring (bicyclic) bond motifs is 2. The fraction of sp³-hybridized carbons (Fsp3) is 0.533. The van der Waals surface area contributed by atoms with Gasteiger partial charge in [0.1, 0.15) is 17.3 Å². The van der Waals surface area contributed by atoms with Gasteiger partial charge in [-0.3, -0.25) is 0 Å². The number of benzene rings is 1. The van der Waals surface area contributed by atoms with Crippen LogP contribution >= 0.6 is 15.9 Å². The number of halogens is 1. The highest BCUT2D eigenvalue weighted by atomic mass is 79.9. The molecule has 2 aliphatic rings. The summed E-state index contributed by atoms with van der Waals surface area (Å²) in [6.45, 7) is 1.93. The van der Waals surface area contributed by atoms with E-state index >= 15 is 0 Å². The second-order valence-corrected chi connectivity index (χ2v) is 6.71. The summed E-state index contributed by atoms with van der Waals surface area (Å²) in [5.41, 5.74) is 0.127. The summed E-state index contributed by atoms with van der Waals surface area (Å²) in [5, 5.41) is 0. The smallest absolute Gasteiger partial charge is 0.335 e. The second-order valence-electron chi connectivity index (χ2n) is 5.80. The summed E-state index contributed by atoms with van der Waals surface area (Å²) in [5.74, 6) is 5.71. The largest absolute Gasteiger partial charge is 0.490 e. The Kier molecular flexibility index (Phi) is 3.50. The molecule has 0 bridgehead atoms. The highest BCUT2D eigenvalue weighted by Gasteiger charge is 2.53. The Labute approximate surface area is 126 Å². The SMILES string of the molecule is CC1(C(=O)ON)c2cc(Br)ccc2OC2CCCCC21. The van der Waals surface area contributed by atoms with Gasteiger partial charge in [0, 0.05) is 16.0 Å². The van der Waals surface area contributed by atoms with Gasteiger partial charge in [-0.2, -0.15) is 5.90 Å². The average Bonchev–Trinajstić information content (AvgIpc) is 2.47. The molecule has 2 N–H and O–H groups in total. The summed E-state index contributed by atoms with van der Waals surface area (Å²) in [7, 11) is 0. The van der Waals surface area contributed by atoms with E-state index < -0.39 is 5.41 Å². The Bertz CT molecular complexity index is 548. The highest BCUT2D eigenvalue weighted by molar-refractivity contribution is 9.10. The number of ether oxygens (including phenoxy) is 1. The molecule has 20 heavy (non-hydrogen) atoms. The molecule has 0 aromatic heterocycles. The zero-order valence-corrected chi connectivity index (χ0v) is 13.0. The van der Waals surface area contributed by atoms with Gasteiger partial charge in [-0.15, -0.1) is 0 Å². The first-order valence-electron chi connectivity index (χ1n) is 6.95. The first-order chi connectivity index (χ1) is 9.57. The third-order valence-electron chi connectivity index (χ3n) is 4.75. The summed E-state index contributed by atoms with van der Waals surface area (Å²) >= 11 is 3.46. The predicted molar refractivity (Wildman–Crippen MR) is 78.1 cm³/mol. The van der Waals surface area contributed by atoms with Gasteiger partial charge in [0.25, 0.3) is 0 Å². The number of hydrogen-bond acceptors (Lipinski definition) is 4. The van der Waals surface area contributed by atoms with E-state index in [1.54, 1.807) is 0 Å². The van der Waals surface area contributed by atoms with Gasteiger partial charge in [0.15, 0.2) is 0 Å². The number of nitrogens with two attached hydrogens (primary N) is 1. The van der Waals surface area contributed by atoms with Crippen LogP contribution in [-0.2, 0) is 15.0 Å². The van der Waals surface area contributed by atoms with Crippen molar-refractivity contribution in [3.63, 3.8) is 0 Å². The van der Waals surface area contributed by atoms with E-state index in [-0.39, 0.29) is 18.0 Å². The normalized spacial score (nSPS) is 31.8. The molecule has 3 rings (SSSR count). The van der Waals surface area contributed by atoms with Crippen molar-refractivity contribution in [2.75, 3.05) is 0 Å². The summed E-state index contributed by atoms with van der Waals surface area (Å²) in [6, 6.07) is 5.78. The van der Waals surface area contributed by atoms with Gasteiger partial charge in [0.2, 0.25) is 0 Å². The first kappa shape index (κ1) is 13.9. The summed E-state index contributed by atoms with van der Waals surface area (Å²) in [4.78, 5) is 17.0. The van der Waals surface area contributed by atoms with Crippen molar-refractivity contribution in [2.45, 2.75) is 44.1 Å². The van der Waals surface area contributed by atoms with Crippen LogP contribution in [0.25, 0.3) is 0 Å². The monoisotopic (exact) mass is 339 g/mol. The number of hydrogen-bond donors (Lipinski definition) is 1. The topological polar surface area (TPSA) is 61.5 Å². The first-order valence-corrected chi connectivity index (χ1v) is 7.74. The van der Waals surface area contributed by atoms with Crippen LogP contribution in [0.15, 0.2) is 22.7 Å². The average molecular weight is 340 g/mol. The van der Waals surface area contributed by atoms with E-state index in [4.69, 9.17) is 10.6 Å². The van der Waals surface area contributed by atoms with Crippen molar-refractivity contribution >= 4 is 21.9 Å². The molecular formula is C15H18BrNO3. The van der Waals surface area contributed by atoms with Gasteiger partial charge < -0.3 is 9.57 Å². The Morgan fingerprint density at radius 1 is 1.45 bits per heavy atom. The van der Waals surface area contributed by atoms with Crippen LogP contribution in [0.1, 0.15) is 38.2 Å². The molecule has 1 aliphatic heterocycles. The van der Waals surface area contributed by atoms with E-state index in [1.165, 1.54) is 0 Å². The van der Waals surface area contributed by atoms with Crippen molar-refractivity contribution in [2.24, 2.45) is 11.8 Å². The minimum absolute atomic E-state index is 0.0709. The number of carbonyl (C=O) groups is 1. The maximum atomic E-state index is 12.4. The molecule has 3 unspecified atom stereocenters. The Morgan fingerprint density at radius 2 is 2.20 bits per heavy atom. The van der Waals surface area contributed by atoms with Crippen molar-refractivity contribution in [1.29, 1.82) is 0 Å². The molecule has 1 saturated carbocycles. The minimum atomic E-state index is -0.739.